The number of hydrogen-bond donors (Lipinski definition) is 0. The summed E-state index contributed by atoms with van der Waals surface area (Å²) in [6.45, 7) is 2.25. The number of thiophene rings is 1. The Morgan fingerprint density at radius 1 is 1.64 bits per heavy atom. The van der Waals surface area contributed by atoms with Crippen LogP contribution >= 0.6 is 38.9 Å². The molecule has 0 bridgehead atoms. The van der Waals surface area contributed by atoms with E-state index in [4.69, 9.17) is 11.6 Å². The molecule has 0 N–H and O–H groups in total. The van der Waals surface area contributed by atoms with Crippen LogP contribution in [0.5, 0.6) is 0 Å². The Morgan fingerprint density at radius 3 is 3.00 bits per heavy atom. The van der Waals surface area contributed by atoms with Gasteiger partial charge in [0.25, 0.3) is 0 Å². The molecule has 3 heteroatoms. The average Bonchev–Trinajstić information content (AvgIpc) is 2.41. The number of hydrogen-bond acceptors (Lipinski definition) is 1. The van der Waals surface area contributed by atoms with Gasteiger partial charge >= 0.3 is 0 Å². The monoisotopic (exact) mass is 250 g/mol. The van der Waals surface area contributed by atoms with Gasteiger partial charge in [-0.15, -0.1) is 11.3 Å². The molecule has 2 rings (SSSR count). The Labute approximate surface area is 83.7 Å². The molecule has 1 aromatic rings. The molecule has 1 heterocycles. The van der Waals surface area contributed by atoms with E-state index >= 15 is 0 Å². The van der Waals surface area contributed by atoms with Gasteiger partial charge in [-0.25, -0.2) is 0 Å². The summed E-state index contributed by atoms with van der Waals surface area (Å²) in [5.41, 5.74) is 1.39. The maximum atomic E-state index is 6.11. The van der Waals surface area contributed by atoms with Crippen LogP contribution in [0.15, 0.2) is 3.79 Å². The largest absolute Gasteiger partial charge is 0.131 e. The fraction of sp³-hybridized carbons (Fsp3) is 0.500. The summed E-state index contributed by atoms with van der Waals surface area (Å²) in [5.74, 6) is 0.667. The maximum Gasteiger partial charge on any atom is 0.0890 e. The van der Waals surface area contributed by atoms with Gasteiger partial charge in [0.2, 0.25) is 0 Å². The fourth-order valence-electron chi connectivity index (χ4n) is 1.61. The van der Waals surface area contributed by atoms with Gasteiger partial charge in [-0.1, -0.05) is 18.5 Å². The second kappa shape index (κ2) is 2.75. The van der Waals surface area contributed by atoms with Gasteiger partial charge in [-0.05, 0) is 40.3 Å². The van der Waals surface area contributed by atoms with Gasteiger partial charge in [0.15, 0.2) is 0 Å². The molecule has 0 spiro atoms. The molecule has 0 aliphatic heterocycles. The predicted molar refractivity (Wildman–Crippen MR) is 53.8 cm³/mol. The highest BCUT2D eigenvalue weighted by molar-refractivity contribution is 9.11. The van der Waals surface area contributed by atoms with E-state index in [1.807, 2.05) is 0 Å². The molecule has 1 atom stereocenters. The molecule has 0 radical (unpaired) electrons. The third-order valence-electron chi connectivity index (χ3n) is 2.22. The minimum absolute atomic E-state index is 0.667. The van der Waals surface area contributed by atoms with Crippen LogP contribution in [0.1, 0.15) is 29.7 Å². The van der Waals surface area contributed by atoms with E-state index in [2.05, 4.69) is 22.9 Å². The SMILES string of the molecule is CC1CCc2sc(Br)c(Cl)c21. The number of fused-ring (bicyclic) bond motifs is 1. The summed E-state index contributed by atoms with van der Waals surface area (Å²) < 4.78 is 1.11. The Bertz CT molecular complexity index is 293. The first-order valence-corrected chi connectivity index (χ1v) is 5.65. The molecule has 60 valence electrons. The quantitative estimate of drug-likeness (QED) is 0.648. The third kappa shape index (κ3) is 1.16. The highest BCUT2D eigenvalue weighted by atomic mass is 79.9. The van der Waals surface area contributed by atoms with Gasteiger partial charge in [-0.3, -0.25) is 0 Å². The van der Waals surface area contributed by atoms with Crippen molar-refractivity contribution in [3.63, 3.8) is 0 Å². The molecule has 0 fully saturated rings. The summed E-state index contributed by atoms with van der Waals surface area (Å²) in [6, 6.07) is 0. The zero-order chi connectivity index (χ0) is 8.01. The molecule has 11 heavy (non-hydrogen) atoms. The van der Waals surface area contributed by atoms with E-state index in [1.54, 1.807) is 11.3 Å². The van der Waals surface area contributed by atoms with Crippen molar-refractivity contribution in [1.29, 1.82) is 0 Å². The van der Waals surface area contributed by atoms with E-state index in [0.717, 1.165) is 8.81 Å². The Morgan fingerprint density at radius 2 is 2.36 bits per heavy atom. The first-order chi connectivity index (χ1) is 5.20. The van der Waals surface area contributed by atoms with Crippen molar-refractivity contribution in [2.45, 2.75) is 25.7 Å². The Balaban J connectivity index is 2.58. The molecular weight excluding hydrogens is 244 g/mol. The van der Waals surface area contributed by atoms with Crippen LogP contribution in [0, 0.1) is 0 Å². The van der Waals surface area contributed by atoms with Crippen LogP contribution in [-0.2, 0) is 6.42 Å². The molecule has 0 saturated carbocycles. The van der Waals surface area contributed by atoms with Crippen LogP contribution in [-0.4, -0.2) is 0 Å². The fourth-order valence-corrected chi connectivity index (χ4v) is 3.93. The molecule has 0 amide bonds. The lowest BCUT2D eigenvalue weighted by atomic mass is 10.1. The highest BCUT2D eigenvalue weighted by Gasteiger charge is 2.25. The summed E-state index contributed by atoms with van der Waals surface area (Å²) in [7, 11) is 0. The summed E-state index contributed by atoms with van der Waals surface area (Å²) in [6.07, 6.45) is 2.49. The summed E-state index contributed by atoms with van der Waals surface area (Å²) in [4.78, 5) is 1.48. The van der Waals surface area contributed by atoms with Crippen molar-refractivity contribution in [2.75, 3.05) is 0 Å². The van der Waals surface area contributed by atoms with Gasteiger partial charge in [-0.2, -0.15) is 0 Å². The molecule has 0 aromatic carbocycles. The Hall–Kier alpha value is 0.470. The first kappa shape index (κ1) is 8.09. The molecular formula is C8H8BrClS. The standard InChI is InChI=1S/C8H8BrClS/c1-4-2-3-5-6(4)7(10)8(9)11-5/h4H,2-3H2,1H3. The van der Waals surface area contributed by atoms with Crippen LogP contribution in [0.25, 0.3) is 0 Å². The second-order valence-electron chi connectivity index (χ2n) is 2.97. The lowest BCUT2D eigenvalue weighted by Gasteiger charge is -2.00. The maximum absolute atomic E-state index is 6.11. The number of rotatable bonds is 0. The smallest absolute Gasteiger partial charge is 0.0890 e. The first-order valence-electron chi connectivity index (χ1n) is 3.66. The van der Waals surface area contributed by atoms with Crippen LogP contribution in [0.4, 0.5) is 0 Å². The van der Waals surface area contributed by atoms with E-state index in [9.17, 15) is 0 Å². The lowest BCUT2D eigenvalue weighted by Crippen LogP contribution is -1.83. The molecule has 1 aliphatic carbocycles. The minimum atomic E-state index is 0.667. The van der Waals surface area contributed by atoms with Crippen molar-refractivity contribution in [1.82, 2.24) is 0 Å². The van der Waals surface area contributed by atoms with E-state index < -0.39 is 0 Å². The van der Waals surface area contributed by atoms with Gasteiger partial charge < -0.3 is 0 Å². The molecule has 0 nitrogen and oxygen atoms in total. The number of aryl methyl sites for hydroxylation is 1. The predicted octanol–water partition coefficient (Wildman–Crippen LogP) is 4.21. The van der Waals surface area contributed by atoms with Crippen molar-refractivity contribution < 1.29 is 0 Å². The summed E-state index contributed by atoms with van der Waals surface area (Å²) in [5, 5.41) is 0.954. The highest BCUT2D eigenvalue weighted by Crippen LogP contribution is 2.46. The van der Waals surface area contributed by atoms with Crippen molar-refractivity contribution in [2.24, 2.45) is 0 Å². The lowest BCUT2D eigenvalue weighted by molar-refractivity contribution is 0.747. The van der Waals surface area contributed by atoms with E-state index in [1.165, 1.54) is 23.3 Å². The number of halogens is 2. The molecule has 1 unspecified atom stereocenters. The second-order valence-corrected chi connectivity index (χ2v) is 5.77. The topological polar surface area (TPSA) is 0 Å². The van der Waals surface area contributed by atoms with E-state index in [0.29, 0.717) is 5.92 Å². The molecule has 1 aliphatic rings. The van der Waals surface area contributed by atoms with Crippen molar-refractivity contribution in [3.05, 3.63) is 19.2 Å². The van der Waals surface area contributed by atoms with Crippen molar-refractivity contribution in [3.8, 4) is 0 Å². The van der Waals surface area contributed by atoms with E-state index in [-0.39, 0.29) is 0 Å². The van der Waals surface area contributed by atoms with Gasteiger partial charge in [0, 0.05) is 4.88 Å². The zero-order valence-electron chi connectivity index (χ0n) is 6.16. The Kier molecular flexibility index (Phi) is 2.02. The molecule has 1 aromatic heterocycles. The summed E-state index contributed by atoms with van der Waals surface area (Å²) >= 11 is 11.4. The molecule has 0 saturated heterocycles. The normalized spacial score (nSPS) is 22.3. The van der Waals surface area contributed by atoms with Gasteiger partial charge in [0.1, 0.15) is 0 Å². The average molecular weight is 252 g/mol. The van der Waals surface area contributed by atoms with Crippen LogP contribution in [0.3, 0.4) is 0 Å². The minimum Gasteiger partial charge on any atom is -0.131 e. The van der Waals surface area contributed by atoms with Gasteiger partial charge in [0.05, 0.1) is 8.81 Å². The van der Waals surface area contributed by atoms with Crippen LogP contribution < -0.4 is 0 Å². The zero-order valence-corrected chi connectivity index (χ0v) is 9.31. The third-order valence-corrected chi connectivity index (χ3v) is 4.89. The van der Waals surface area contributed by atoms with Crippen molar-refractivity contribution >= 4 is 38.9 Å². The van der Waals surface area contributed by atoms with Crippen LogP contribution in [0.2, 0.25) is 5.02 Å².